The van der Waals surface area contributed by atoms with Crippen LogP contribution in [0, 0.1) is 5.41 Å². The lowest BCUT2D eigenvalue weighted by Gasteiger charge is -2.27. The van der Waals surface area contributed by atoms with Crippen LogP contribution >= 0.6 is 0 Å². The lowest BCUT2D eigenvalue weighted by molar-refractivity contribution is 0.0905. The molecule has 5 nitrogen and oxygen atoms in total. The monoisotopic (exact) mass is 238 g/mol. The number of nitrogens with zero attached hydrogens (tertiary/aromatic N) is 2. The standard InChI is InChI=1S/C12H22N4O/c1-9(12(2,3)4)15-11(17)10-7-16(6-5-13)8-14-10/h7-9H,5-6,13H2,1-4H3,(H,15,17). The Hall–Kier alpha value is -1.36. The predicted octanol–water partition coefficient (Wildman–Crippen LogP) is 1.01. The van der Waals surface area contributed by atoms with Gasteiger partial charge in [-0.3, -0.25) is 4.79 Å². The summed E-state index contributed by atoms with van der Waals surface area (Å²) in [5.41, 5.74) is 5.91. The van der Waals surface area contributed by atoms with Crippen molar-refractivity contribution in [2.75, 3.05) is 6.54 Å². The zero-order chi connectivity index (χ0) is 13.1. The van der Waals surface area contributed by atoms with E-state index in [-0.39, 0.29) is 17.4 Å². The van der Waals surface area contributed by atoms with E-state index >= 15 is 0 Å². The predicted molar refractivity (Wildman–Crippen MR) is 67.7 cm³/mol. The average Bonchev–Trinajstić information content (AvgIpc) is 2.65. The van der Waals surface area contributed by atoms with Crippen molar-refractivity contribution in [2.45, 2.75) is 40.3 Å². The SMILES string of the molecule is CC(NC(=O)c1cn(CCN)cn1)C(C)(C)C. The number of aromatic nitrogens is 2. The molecule has 0 radical (unpaired) electrons. The molecule has 0 aromatic carbocycles. The van der Waals surface area contributed by atoms with Crippen LogP contribution in [0.5, 0.6) is 0 Å². The topological polar surface area (TPSA) is 72.9 Å². The van der Waals surface area contributed by atoms with Crippen molar-refractivity contribution >= 4 is 5.91 Å². The molecule has 0 saturated carbocycles. The highest BCUT2D eigenvalue weighted by Gasteiger charge is 2.22. The van der Waals surface area contributed by atoms with Crippen molar-refractivity contribution in [3.05, 3.63) is 18.2 Å². The second kappa shape index (κ2) is 5.31. The molecule has 1 amide bonds. The largest absolute Gasteiger partial charge is 0.348 e. The van der Waals surface area contributed by atoms with Gasteiger partial charge in [0.2, 0.25) is 0 Å². The molecule has 17 heavy (non-hydrogen) atoms. The van der Waals surface area contributed by atoms with Gasteiger partial charge in [-0.15, -0.1) is 0 Å². The van der Waals surface area contributed by atoms with E-state index in [4.69, 9.17) is 5.73 Å². The summed E-state index contributed by atoms with van der Waals surface area (Å²) < 4.78 is 1.82. The van der Waals surface area contributed by atoms with Crippen molar-refractivity contribution in [1.82, 2.24) is 14.9 Å². The van der Waals surface area contributed by atoms with Crippen LogP contribution in [0.2, 0.25) is 0 Å². The molecule has 3 N–H and O–H groups in total. The van der Waals surface area contributed by atoms with E-state index in [1.54, 1.807) is 12.5 Å². The fourth-order valence-corrected chi connectivity index (χ4v) is 1.24. The Balaban J connectivity index is 2.63. The maximum absolute atomic E-state index is 11.9. The Morgan fingerprint density at radius 2 is 2.24 bits per heavy atom. The zero-order valence-corrected chi connectivity index (χ0v) is 11.0. The number of hydrogen-bond acceptors (Lipinski definition) is 3. The summed E-state index contributed by atoms with van der Waals surface area (Å²) in [6.07, 6.45) is 3.35. The van der Waals surface area contributed by atoms with Crippen molar-refractivity contribution < 1.29 is 4.79 Å². The molecule has 0 aliphatic carbocycles. The second-order valence-electron chi connectivity index (χ2n) is 5.35. The van der Waals surface area contributed by atoms with Crippen LogP contribution in [0.4, 0.5) is 0 Å². The van der Waals surface area contributed by atoms with Gasteiger partial charge in [-0.2, -0.15) is 0 Å². The molecule has 96 valence electrons. The zero-order valence-electron chi connectivity index (χ0n) is 11.0. The van der Waals surface area contributed by atoms with Gasteiger partial charge in [0, 0.05) is 25.3 Å². The lowest BCUT2D eigenvalue weighted by atomic mass is 9.88. The molecule has 0 fully saturated rings. The summed E-state index contributed by atoms with van der Waals surface area (Å²) in [5.74, 6) is -0.136. The molecule has 1 unspecified atom stereocenters. The normalized spacial score (nSPS) is 13.5. The van der Waals surface area contributed by atoms with E-state index in [2.05, 4.69) is 31.1 Å². The van der Waals surface area contributed by atoms with Crippen LogP contribution in [-0.2, 0) is 6.54 Å². The number of carbonyl (C=O) groups excluding carboxylic acids is 1. The number of rotatable bonds is 4. The van der Waals surface area contributed by atoms with Crippen molar-refractivity contribution in [2.24, 2.45) is 11.1 Å². The van der Waals surface area contributed by atoms with Gasteiger partial charge in [0.25, 0.3) is 5.91 Å². The molecule has 5 heteroatoms. The third-order valence-corrected chi connectivity index (χ3v) is 2.90. The highest BCUT2D eigenvalue weighted by molar-refractivity contribution is 5.92. The van der Waals surface area contributed by atoms with E-state index in [9.17, 15) is 4.79 Å². The van der Waals surface area contributed by atoms with Gasteiger partial charge in [-0.25, -0.2) is 4.98 Å². The van der Waals surface area contributed by atoms with E-state index < -0.39 is 0 Å². The summed E-state index contributed by atoms with van der Waals surface area (Å²) in [6.45, 7) is 9.47. The first kappa shape index (κ1) is 13.7. The third-order valence-electron chi connectivity index (χ3n) is 2.90. The van der Waals surface area contributed by atoms with Gasteiger partial charge >= 0.3 is 0 Å². The molecule has 1 rings (SSSR count). The Morgan fingerprint density at radius 3 is 2.76 bits per heavy atom. The van der Waals surface area contributed by atoms with E-state index in [1.165, 1.54) is 0 Å². The number of nitrogens with one attached hydrogen (secondary N) is 1. The molecular weight excluding hydrogens is 216 g/mol. The minimum absolute atomic E-state index is 0.0372. The van der Waals surface area contributed by atoms with Crippen molar-refractivity contribution in [3.63, 3.8) is 0 Å². The molecule has 0 spiro atoms. The molecule has 0 aliphatic heterocycles. The molecule has 0 saturated heterocycles. The quantitative estimate of drug-likeness (QED) is 0.822. The summed E-state index contributed by atoms with van der Waals surface area (Å²) in [6, 6.07) is 0.0923. The molecular formula is C12H22N4O. The Bertz CT molecular complexity index is 378. The number of carbonyl (C=O) groups is 1. The van der Waals surface area contributed by atoms with Gasteiger partial charge < -0.3 is 15.6 Å². The summed E-state index contributed by atoms with van der Waals surface area (Å²) in [5, 5.41) is 2.95. The highest BCUT2D eigenvalue weighted by atomic mass is 16.2. The minimum Gasteiger partial charge on any atom is -0.348 e. The first-order chi connectivity index (χ1) is 7.84. The summed E-state index contributed by atoms with van der Waals surface area (Å²) in [4.78, 5) is 16.0. The molecule has 1 atom stereocenters. The molecule has 1 aromatic heterocycles. The van der Waals surface area contributed by atoms with Crippen LogP contribution in [0.1, 0.15) is 38.2 Å². The van der Waals surface area contributed by atoms with Crippen molar-refractivity contribution in [1.29, 1.82) is 0 Å². The highest BCUT2D eigenvalue weighted by Crippen LogP contribution is 2.18. The fourth-order valence-electron chi connectivity index (χ4n) is 1.24. The van der Waals surface area contributed by atoms with Crippen LogP contribution in [-0.4, -0.2) is 28.0 Å². The fraction of sp³-hybridized carbons (Fsp3) is 0.667. The van der Waals surface area contributed by atoms with E-state index in [1.807, 2.05) is 11.5 Å². The van der Waals surface area contributed by atoms with Gasteiger partial charge in [0.1, 0.15) is 5.69 Å². The lowest BCUT2D eigenvalue weighted by Crippen LogP contribution is -2.41. The summed E-state index contributed by atoms with van der Waals surface area (Å²) in [7, 11) is 0. The van der Waals surface area contributed by atoms with Crippen LogP contribution < -0.4 is 11.1 Å². The van der Waals surface area contributed by atoms with Gasteiger partial charge in [0.05, 0.1) is 6.33 Å². The van der Waals surface area contributed by atoms with Gasteiger partial charge in [-0.05, 0) is 12.3 Å². The molecule has 0 bridgehead atoms. The first-order valence-electron chi connectivity index (χ1n) is 5.87. The number of imidazole rings is 1. The first-order valence-corrected chi connectivity index (χ1v) is 5.87. The number of amides is 1. The van der Waals surface area contributed by atoms with E-state index in [0.29, 0.717) is 18.8 Å². The average molecular weight is 238 g/mol. The van der Waals surface area contributed by atoms with Gasteiger partial charge in [0.15, 0.2) is 0 Å². The van der Waals surface area contributed by atoms with Crippen LogP contribution in [0.25, 0.3) is 0 Å². The minimum atomic E-state index is -0.136. The Kier molecular flexibility index (Phi) is 4.28. The third kappa shape index (κ3) is 3.85. The van der Waals surface area contributed by atoms with Crippen molar-refractivity contribution in [3.8, 4) is 0 Å². The maximum Gasteiger partial charge on any atom is 0.271 e. The number of hydrogen-bond donors (Lipinski definition) is 2. The number of nitrogens with two attached hydrogens (primary N) is 1. The Labute approximate surface area is 102 Å². The van der Waals surface area contributed by atoms with Crippen LogP contribution in [0.15, 0.2) is 12.5 Å². The van der Waals surface area contributed by atoms with Crippen LogP contribution in [0.3, 0.4) is 0 Å². The van der Waals surface area contributed by atoms with Gasteiger partial charge in [-0.1, -0.05) is 20.8 Å². The summed E-state index contributed by atoms with van der Waals surface area (Å²) >= 11 is 0. The molecule has 0 aliphatic rings. The molecule has 1 aromatic rings. The molecule has 1 heterocycles. The maximum atomic E-state index is 11.9. The van der Waals surface area contributed by atoms with E-state index in [0.717, 1.165) is 0 Å². The Morgan fingerprint density at radius 1 is 1.59 bits per heavy atom. The smallest absolute Gasteiger partial charge is 0.271 e. The second-order valence-corrected chi connectivity index (χ2v) is 5.35.